The molecular formula is C24H23N3O. The van der Waals surface area contributed by atoms with Gasteiger partial charge in [0.2, 0.25) is 0 Å². The van der Waals surface area contributed by atoms with Crippen LogP contribution in [0.4, 0.5) is 11.5 Å². The van der Waals surface area contributed by atoms with Gasteiger partial charge in [0.15, 0.2) is 0 Å². The van der Waals surface area contributed by atoms with Gasteiger partial charge in [0.25, 0.3) is 0 Å². The first-order chi connectivity index (χ1) is 13.7. The summed E-state index contributed by atoms with van der Waals surface area (Å²) >= 11 is 0. The molecule has 1 N–H and O–H groups in total. The van der Waals surface area contributed by atoms with Crippen LogP contribution in [0.1, 0.15) is 35.2 Å². The number of anilines is 2. The highest BCUT2D eigenvalue weighted by molar-refractivity contribution is 5.81. The number of pyridine rings is 1. The SMILES string of the molecule is COc1ccc(-c2c(C#N)c(Nc3ccc(C)cc3)nc3c2CCCC3)cc1. The lowest BCUT2D eigenvalue weighted by Gasteiger charge is -2.22. The molecule has 4 rings (SSSR count). The van der Waals surface area contributed by atoms with Crippen LogP contribution in [0, 0.1) is 18.3 Å². The minimum absolute atomic E-state index is 0.603. The van der Waals surface area contributed by atoms with Crippen LogP contribution in [0.5, 0.6) is 5.75 Å². The van der Waals surface area contributed by atoms with Gasteiger partial charge < -0.3 is 10.1 Å². The average molecular weight is 369 g/mol. The number of nitriles is 1. The summed E-state index contributed by atoms with van der Waals surface area (Å²) in [5, 5.41) is 13.4. The third kappa shape index (κ3) is 3.44. The van der Waals surface area contributed by atoms with Crippen LogP contribution in [0.3, 0.4) is 0 Å². The predicted octanol–water partition coefficient (Wildman–Crippen LogP) is 5.56. The number of nitrogens with one attached hydrogen (secondary N) is 1. The van der Waals surface area contributed by atoms with Crippen LogP contribution < -0.4 is 10.1 Å². The average Bonchev–Trinajstić information content (AvgIpc) is 2.74. The van der Waals surface area contributed by atoms with Crippen molar-refractivity contribution in [2.75, 3.05) is 12.4 Å². The fourth-order valence-corrected chi connectivity index (χ4v) is 3.79. The molecular weight excluding hydrogens is 346 g/mol. The smallest absolute Gasteiger partial charge is 0.149 e. The number of rotatable bonds is 4. The molecule has 1 aliphatic carbocycles. The lowest BCUT2D eigenvalue weighted by Crippen LogP contribution is -2.12. The van der Waals surface area contributed by atoms with Crippen molar-refractivity contribution in [3.63, 3.8) is 0 Å². The third-order valence-electron chi connectivity index (χ3n) is 5.28. The molecule has 28 heavy (non-hydrogen) atoms. The van der Waals surface area contributed by atoms with Crippen LogP contribution in [-0.2, 0) is 12.8 Å². The monoisotopic (exact) mass is 369 g/mol. The lowest BCUT2D eigenvalue weighted by molar-refractivity contribution is 0.415. The molecule has 0 fully saturated rings. The number of methoxy groups -OCH3 is 1. The zero-order chi connectivity index (χ0) is 19.5. The second-order valence-electron chi connectivity index (χ2n) is 7.17. The Morgan fingerprint density at radius 3 is 2.39 bits per heavy atom. The minimum atomic E-state index is 0.603. The van der Waals surface area contributed by atoms with Gasteiger partial charge in [-0.25, -0.2) is 4.98 Å². The van der Waals surface area contributed by atoms with Crippen molar-refractivity contribution in [1.82, 2.24) is 4.98 Å². The first-order valence-electron chi connectivity index (χ1n) is 9.63. The summed E-state index contributed by atoms with van der Waals surface area (Å²) in [7, 11) is 1.66. The van der Waals surface area contributed by atoms with Crippen LogP contribution in [0.25, 0.3) is 11.1 Å². The minimum Gasteiger partial charge on any atom is -0.497 e. The van der Waals surface area contributed by atoms with Crippen LogP contribution in [-0.4, -0.2) is 12.1 Å². The number of nitrogens with zero attached hydrogens (tertiary/aromatic N) is 2. The Kier molecular flexibility index (Phi) is 4.99. The highest BCUT2D eigenvalue weighted by atomic mass is 16.5. The summed E-state index contributed by atoms with van der Waals surface area (Å²) in [5.41, 5.74) is 7.09. The Morgan fingerprint density at radius 2 is 1.71 bits per heavy atom. The quantitative estimate of drug-likeness (QED) is 0.654. The summed E-state index contributed by atoms with van der Waals surface area (Å²) in [6.45, 7) is 2.06. The van der Waals surface area contributed by atoms with E-state index in [4.69, 9.17) is 9.72 Å². The number of hydrogen-bond acceptors (Lipinski definition) is 4. The van der Waals surface area contributed by atoms with E-state index in [1.165, 1.54) is 11.1 Å². The third-order valence-corrected chi connectivity index (χ3v) is 5.28. The molecule has 0 spiro atoms. The van der Waals surface area contributed by atoms with Gasteiger partial charge in [0.1, 0.15) is 23.2 Å². The molecule has 4 nitrogen and oxygen atoms in total. The summed E-state index contributed by atoms with van der Waals surface area (Å²) in [5.74, 6) is 1.45. The van der Waals surface area contributed by atoms with Gasteiger partial charge in [0, 0.05) is 16.9 Å². The first kappa shape index (κ1) is 18.1. The second-order valence-corrected chi connectivity index (χ2v) is 7.17. The van der Waals surface area contributed by atoms with Crippen molar-refractivity contribution >= 4 is 11.5 Å². The van der Waals surface area contributed by atoms with Crippen molar-refractivity contribution < 1.29 is 4.74 Å². The molecule has 0 saturated carbocycles. The first-order valence-corrected chi connectivity index (χ1v) is 9.63. The van der Waals surface area contributed by atoms with Crippen molar-refractivity contribution in [3.8, 4) is 22.9 Å². The molecule has 1 aliphatic rings. The van der Waals surface area contributed by atoms with E-state index in [1.807, 2.05) is 36.4 Å². The lowest BCUT2D eigenvalue weighted by atomic mass is 9.86. The van der Waals surface area contributed by atoms with Gasteiger partial charge in [-0.3, -0.25) is 0 Å². The Balaban J connectivity index is 1.87. The van der Waals surface area contributed by atoms with Crippen LogP contribution in [0.2, 0.25) is 0 Å². The zero-order valence-corrected chi connectivity index (χ0v) is 16.2. The zero-order valence-electron chi connectivity index (χ0n) is 16.2. The van der Waals surface area contributed by atoms with Crippen LogP contribution >= 0.6 is 0 Å². The Morgan fingerprint density at radius 1 is 1.00 bits per heavy atom. The maximum atomic E-state index is 10.0. The molecule has 3 aromatic rings. The van der Waals surface area contributed by atoms with E-state index in [0.717, 1.165) is 53.9 Å². The van der Waals surface area contributed by atoms with Gasteiger partial charge in [-0.1, -0.05) is 29.8 Å². The molecule has 0 atom stereocenters. The topological polar surface area (TPSA) is 57.9 Å². The number of ether oxygens (including phenoxy) is 1. The van der Waals surface area contributed by atoms with Crippen molar-refractivity contribution in [3.05, 3.63) is 70.9 Å². The highest BCUT2D eigenvalue weighted by Crippen LogP contribution is 2.38. The Bertz CT molecular complexity index is 1030. The van der Waals surface area contributed by atoms with Crippen molar-refractivity contribution in [2.24, 2.45) is 0 Å². The predicted molar refractivity (Wildman–Crippen MR) is 112 cm³/mol. The summed E-state index contributed by atoms with van der Waals surface area (Å²) in [6.07, 6.45) is 4.18. The van der Waals surface area contributed by atoms with Gasteiger partial charge in [0.05, 0.1) is 7.11 Å². The molecule has 0 aliphatic heterocycles. The van der Waals surface area contributed by atoms with Gasteiger partial charge in [-0.15, -0.1) is 0 Å². The van der Waals surface area contributed by atoms with Gasteiger partial charge >= 0.3 is 0 Å². The van der Waals surface area contributed by atoms with E-state index in [1.54, 1.807) is 7.11 Å². The molecule has 1 heterocycles. The molecule has 0 amide bonds. The van der Waals surface area contributed by atoms with E-state index in [-0.39, 0.29) is 0 Å². The maximum Gasteiger partial charge on any atom is 0.149 e. The standard InChI is InChI=1S/C24H23N3O/c1-16-7-11-18(12-8-16)26-24-21(15-25)23(17-9-13-19(28-2)14-10-17)20-5-3-4-6-22(20)27-24/h7-14H,3-6H2,1-2H3,(H,26,27). The molecule has 0 radical (unpaired) electrons. The van der Waals surface area contributed by atoms with Crippen LogP contribution in [0.15, 0.2) is 48.5 Å². The fourth-order valence-electron chi connectivity index (χ4n) is 3.79. The Labute approximate surface area is 165 Å². The maximum absolute atomic E-state index is 10.0. The number of aromatic nitrogens is 1. The van der Waals surface area contributed by atoms with E-state index < -0.39 is 0 Å². The number of fused-ring (bicyclic) bond motifs is 1. The molecule has 1 aromatic heterocycles. The summed E-state index contributed by atoms with van der Waals surface area (Å²) in [4.78, 5) is 4.86. The second kappa shape index (κ2) is 7.74. The summed E-state index contributed by atoms with van der Waals surface area (Å²) in [6, 6.07) is 18.5. The van der Waals surface area contributed by atoms with Gasteiger partial charge in [-0.05, 0) is 68.0 Å². The normalized spacial score (nSPS) is 12.8. The van der Waals surface area contributed by atoms with Gasteiger partial charge in [-0.2, -0.15) is 5.26 Å². The van der Waals surface area contributed by atoms with E-state index in [9.17, 15) is 5.26 Å². The molecule has 2 aromatic carbocycles. The Hall–Kier alpha value is -3.32. The van der Waals surface area contributed by atoms with E-state index in [2.05, 4.69) is 30.4 Å². The molecule has 4 heteroatoms. The number of hydrogen-bond donors (Lipinski definition) is 1. The van der Waals surface area contributed by atoms with Crippen molar-refractivity contribution in [2.45, 2.75) is 32.6 Å². The molecule has 0 unspecified atom stereocenters. The van der Waals surface area contributed by atoms with E-state index in [0.29, 0.717) is 11.4 Å². The van der Waals surface area contributed by atoms with Crippen molar-refractivity contribution in [1.29, 1.82) is 5.26 Å². The number of benzene rings is 2. The molecule has 140 valence electrons. The highest BCUT2D eigenvalue weighted by Gasteiger charge is 2.23. The number of aryl methyl sites for hydroxylation is 2. The van der Waals surface area contributed by atoms with E-state index >= 15 is 0 Å². The summed E-state index contributed by atoms with van der Waals surface area (Å²) < 4.78 is 5.30. The fraction of sp³-hybridized carbons (Fsp3) is 0.250. The molecule has 0 saturated heterocycles. The molecule has 0 bridgehead atoms. The largest absolute Gasteiger partial charge is 0.497 e.